The van der Waals surface area contributed by atoms with Crippen LogP contribution in [0.5, 0.6) is 17.2 Å². The Balaban J connectivity index is 2.97. The van der Waals surface area contributed by atoms with E-state index in [2.05, 4.69) is 22.5 Å². The van der Waals surface area contributed by atoms with Crippen LogP contribution in [-0.4, -0.2) is 40.4 Å². The average Bonchev–Trinajstić information content (AvgIpc) is 2.58. The molecule has 1 aromatic rings. The van der Waals surface area contributed by atoms with Crippen LogP contribution >= 0.6 is 0 Å². The monoisotopic (exact) mass is 323 g/mol. The molecular formula is C17H29N3O3. The molecule has 0 aliphatic rings. The molecule has 23 heavy (non-hydrogen) atoms. The van der Waals surface area contributed by atoms with E-state index in [0.29, 0.717) is 23.8 Å². The van der Waals surface area contributed by atoms with Crippen molar-refractivity contribution in [3.05, 3.63) is 17.7 Å². The predicted octanol–water partition coefficient (Wildman–Crippen LogP) is 2.57. The Kier molecular flexibility index (Phi) is 8.72. The fourth-order valence-corrected chi connectivity index (χ4v) is 2.12. The van der Waals surface area contributed by atoms with E-state index in [1.807, 2.05) is 19.1 Å². The minimum absolute atomic E-state index is 0.456. The molecule has 0 aliphatic carbocycles. The third-order valence-corrected chi connectivity index (χ3v) is 3.38. The molecule has 0 saturated heterocycles. The van der Waals surface area contributed by atoms with Crippen LogP contribution < -0.4 is 24.8 Å². The largest absolute Gasteiger partial charge is 0.496 e. The summed E-state index contributed by atoms with van der Waals surface area (Å²) in [5.74, 6) is 2.89. The first kappa shape index (κ1) is 18.9. The lowest BCUT2D eigenvalue weighted by Gasteiger charge is -2.15. The van der Waals surface area contributed by atoms with E-state index in [-0.39, 0.29) is 0 Å². The Hall–Kier alpha value is -2.11. The predicted molar refractivity (Wildman–Crippen MR) is 93.8 cm³/mol. The Bertz CT molecular complexity index is 479. The molecule has 1 aromatic carbocycles. The van der Waals surface area contributed by atoms with Gasteiger partial charge < -0.3 is 24.8 Å². The van der Waals surface area contributed by atoms with E-state index in [1.54, 1.807) is 21.3 Å². The van der Waals surface area contributed by atoms with Crippen molar-refractivity contribution in [1.82, 2.24) is 10.6 Å². The SMILES string of the molecule is CCCCNC(=NCc1c(OC)cc(OC)cc1OC)NCC. The minimum atomic E-state index is 0.456. The zero-order valence-corrected chi connectivity index (χ0v) is 14.9. The standard InChI is InChI=1S/C17H29N3O3/c1-6-8-9-19-17(18-7-2)20-12-14-15(22-4)10-13(21-3)11-16(14)23-5/h10-11H,6-9,12H2,1-5H3,(H2,18,19,20). The van der Waals surface area contributed by atoms with Gasteiger partial charge in [0.05, 0.1) is 33.4 Å². The summed E-state index contributed by atoms with van der Waals surface area (Å²) >= 11 is 0. The zero-order valence-electron chi connectivity index (χ0n) is 14.9. The third-order valence-electron chi connectivity index (χ3n) is 3.38. The van der Waals surface area contributed by atoms with Crippen LogP contribution in [0.15, 0.2) is 17.1 Å². The number of guanidine groups is 1. The number of hydrogen-bond acceptors (Lipinski definition) is 4. The van der Waals surface area contributed by atoms with Crippen LogP contribution in [0.25, 0.3) is 0 Å². The van der Waals surface area contributed by atoms with Gasteiger partial charge in [0.25, 0.3) is 0 Å². The van der Waals surface area contributed by atoms with Crippen LogP contribution in [0.3, 0.4) is 0 Å². The molecule has 0 atom stereocenters. The fraction of sp³-hybridized carbons (Fsp3) is 0.588. The highest BCUT2D eigenvalue weighted by atomic mass is 16.5. The second-order valence-corrected chi connectivity index (χ2v) is 4.99. The van der Waals surface area contributed by atoms with E-state index in [9.17, 15) is 0 Å². The minimum Gasteiger partial charge on any atom is -0.496 e. The van der Waals surface area contributed by atoms with E-state index in [1.165, 1.54) is 0 Å². The van der Waals surface area contributed by atoms with Crippen LogP contribution in [-0.2, 0) is 6.54 Å². The lowest BCUT2D eigenvalue weighted by Crippen LogP contribution is -2.37. The average molecular weight is 323 g/mol. The van der Waals surface area contributed by atoms with E-state index >= 15 is 0 Å². The first-order valence-corrected chi connectivity index (χ1v) is 8.01. The summed E-state index contributed by atoms with van der Waals surface area (Å²) in [4.78, 5) is 4.62. The van der Waals surface area contributed by atoms with Gasteiger partial charge in [0.2, 0.25) is 0 Å². The number of hydrogen-bond donors (Lipinski definition) is 2. The second-order valence-electron chi connectivity index (χ2n) is 4.99. The summed E-state index contributed by atoms with van der Waals surface area (Å²) in [6, 6.07) is 3.68. The van der Waals surface area contributed by atoms with E-state index in [0.717, 1.165) is 37.5 Å². The molecule has 0 amide bonds. The summed E-state index contributed by atoms with van der Waals surface area (Å²) < 4.78 is 16.2. The number of methoxy groups -OCH3 is 3. The van der Waals surface area contributed by atoms with Crippen LogP contribution in [0.1, 0.15) is 32.3 Å². The Morgan fingerprint density at radius 1 is 1.00 bits per heavy atom. The van der Waals surface area contributed by atoms with Crippen molar-refractivity contribution in [3.63, 3.8) is 0 Å². The summed E-state index contributed by atoms with van der Waals surface area (Å²) in [6.45, 7) is 6.39. The van der Waals surface area contributed by atoms with Gasteiger partial charge in [-0.1, -0.05) is 13.3 Å². The third kappa shape index (κ3) is 5.88. The van der Waals surface area contributed by atoms with Gasteiger partial charge in [-0.25, -0.2) is 4.99 Å². The van der Waals surface area contributed by atoms with Gasteiger partial charge in [-0.05, 0) is 13.3 Å². The normalized spacial score (nSPS) is 11.1. The lowest BCUT2D eigenvalue weighted by molar-refractivity contribution is 0.369. The van der Waals surface area contributed by atoms with Crippen molar-refractivity contribution in [2.75, 3.05) is 34.4 Å². The molecule has 0 heterocycles. The van der Waals surface area contributed by atoms with Gasteiger partial charge in [0, 0.05) is 25.2 Å². The molecule has 2 N–H and O–H groups in total. The Morgan fingerprint density at radius 2 is 1.65 bits per heavy atom. The number of aliphatic imine (C=N–C) groups is 1. The molecule has 0 unspecified atom stereocenters. The fourth-order valence-electron chi connectivity index (χ4n) is 2.12. The second kappa shape index (κ2) is 10.6. The molecule has 0 saturated carbocycles. The highest BCUT2D eigenvalue weighted by Gasteiger charge is 2.13. The Morgan fingerprint density at radius 3 is 2.13 bits per heavy atom. The van der Waals surface area contributed by atoms with Gasteiger partial charge in [0.1, 0.15) is 17.2 Å². The lowest BCUT2D eigenvalue weighted by atomic mass is 10.1. The maximum absolute atomic E-state index is 5.45. The molecule has 0 fully saturated rings. The highest BCUT2D eigenvalue weighted by molar-refractivity contribution is 5.79. The number of ether oxygens (including phenoxy) is 3. The van der Waals surface area contributed by atoms with Crippen molar-refractivity contribution in [3.8, 4) is 17.2 Å². The van der Waals surface area contributed by atoms with Crippen LogP contribution in [0.2, 0.25) is 0 Å². The summed E-state index contributed by atoms with van der Waals surface area (Å²) in [6.07, 6.45) is 2.26. The van der Waals surface area contributed by atoms with Gasteiger partial charge in [-0.3, -0.25) is 0 Å². The number of unbranched alkanes of at least 4 members (excludes halogenated alkanes) is 1. The highest BCUT2D eigenvalue weighted by Crippen LogP contribution is 2.34. The molecule has 1 rings (SSSR count). The Labute approximate surface area is 139 Å². The molecule has 6 nitrogen and oxygen atoms in total. The quantitative estimate of drug-likeness (QED) is 0.415. The van der Waals surface area contributed by atoms with Gasteiger partial charge >= 0.3 is 0 Å². The maximum Gasteiger partial charge on any atom is 0.191 e. The molecule has 6 heteroatoms. The van der Waals surface area contributed by atoms with Gasteiger partial charge in [-0.15, -0.1) is 0 Å². The topological polar surface area (TPSA) is 64.1 Å². The van der Waals surface area contributed by atoms with Crippen LogP contribution in [0, 0.1) is 0 Å². The molecule has 0 aliphatic heterocycles. The van der Waals surface area contributed by atoms with Crippen LogP contribution in [0.4, 0.5) is 0 Å². The molecule has 130 valence electrons. The number of nitrogens with one attached hydrogen (secondary N) is 2. The summed E-state index contributed by atoms with van der Waals surface area (Å²) in [7, 11) is 4.88. The molecule has 0 radical (unpaired) electrons. The van der Waals surface area contributed by atoms with Crippen molar-refractivity contribution in [2.24, 2.45) is 4.99 Å². The summed E-state index contributed by atoms with van der Waals surface area (Å²) in [5, 5.41) is 6.56. The number of benzene rings is 1. The molecule has 0 spiro atoms. The van der Waals surface area contributed by atoms with Crippen molar-refractivity contribution >= 4 is 5.96 Å². The van der Waals surface area contributed by atoms with Gasteiger partial charge in [0.15, 0.2) is 5.96 Å². The first-order chi connectivity index (χ1) is 11.2. The number of nitrogens with zero attached hydrogens (tertiary/aromatic N) is 1. The number of rotatable bonds is 9. The summed E-state index contributed by atoms with van der Waals surface area (Å²) in [5.41, 5.74) is 0.892. The maximum atomic E-state index is 5.45. The van der Waals surface area contributed by atoms with Crippen molar-refractivity contribution in [2.45, 2.75) is 33.2 Å². The molecule has 0 bridgehead atoms. The van der Waals surface area contributed by atoms with E-state index in [4.69, 9.17) is 14.2 Å². The molecular weight excluding hydrogens is 294 g/mol. The van der Waals surface area contributed by atoms with Crippen molar-refractivity contribution < 1.29 is 14.2 Å². The zero-order chi connectivity index (χ0) is 17.1. The van der Waals surface area contributed by atoms with Gasteiger partial charge in [-0.2, -0.15) is 0 Å². The first-order valence-electron chi connectivity index (χ1n) is 8.01. The smallest absolute Gasteiger partial charge is 0.191 e. The van der Waals surface area contributed by atoms with Crippen molar-refractivity contribution in [1.29, 1.82) is 0 Å². The van der Waals surface area contributed by atoms with E-state index < -0.39 is 0 Å². The molecule has 0 aromatic heterocycles.